The molecular formula is C38H71NO6. The molecule has 0 amide bonds. The molecule has 0 aliphatic heterocycles. The van der Waals surface area contributed by atoms with Crippen molar-refractivity contribution in [2.75, 3.05) is 52.7 Å². The van der Waals surface area contributed by atoms with Crippen LogP contribution in [0.4, 0.5) is 0 Å². The van der Waals surface area contributed by atoms with E-state index in [0.717, 1.165) is 96.7 Å². The number of ether oxygens (including phenoxy) is 3. The van der Waals surface area contributed by atoms with Crippen molar-refractivity contribution in [3.05, 3.63) is 23.3 Å². The molecule has 0 aromatic carbocycles. The van der Waals surface area contributed by atoms with Crippen molar-refractivity contribution < 1.29 is 28.9 Å². The summed E-state index contributed by atoms with van der Waals surface area (Å²) in [6.45, 7) is 17.9. The number of hydrogen-bond acceptors (Lipinski definition) is 7. The van der Waals surface area contributed by atoms with Gasteiger partial charge in [-0.05, 0) is 104 Å². The van der Waals surface area contributed by atoms with Crippen LogP contribution in [0.3, 0.4) is 0 Å². The van der Waals surface area contributed by atoms with E-state index in [1.54, 1.807) is 0 Å². The van der Waals surface area contributed by atoms with Gasteiger partial charge < -0.3 is 24.2 Å². The molecule has 0 heterocycles. The van der Waals surface area contributed by atoms with Crippen LogP contribution in [-0.2, 0) is 23.8 Å². The highest BCUT2D eigenvalue weighted by Gasteiger charge is 2.11. The van der Waals surface area contributed by atoms with Gasteiger partial charge in [-0.25, -0.2) is 0 Å². The van der Waals surface area contributed by atoms with Crippen LogP contribution in [0.2, 0.25) is 0 Å². The number of carbonyl (C=O) groups excluding carboxylic acids is 2. The quantitative estimate of drug-likeness (QED) is 0.0462. The first-order valence-electron chi connectivity index (χ1n) is 18.1. The Hall–Kier alpha value is -1.70. The number of allylic oxidation sites excluding steroid dienone is 4. The van der Waals surface area contributed by atoms with E-state index in [4.69, 9.17) is 19.3 Å². The molecule has 7 nitrogen and oxygen atoms in total. The maximum absolute atomic E-state index is 12.1. The van der Waals surface area contributed by atoms with E-state index in [-0.39, 0.29) is 18.5 Å². The first-order valence-corrected chi connectivity index (χ1v) is 18.1. The number of esters is 2. The predicted octanol–water partition coefficient (Wildman–Crippen LogP) is 8.83. The van der Waals surface area contributed by atoms with Gasteiger partial charge in [-0.2, -0.15) is 0 Å². The lowest BCUT2D eigenvalue weighted by molar-refractivity contribution is -0.145. The molecule has 0 fully saturated rings. The highest BCUT2D eigenvalue weighted by molar-refractivity contribution is 5.69. The van der Waals surface area contributed by atoms with Crippen molar-refractivity contribution in [1.29, 1.82) is 0 Å². The van der Waals surface area contributed by atoms with E-state index in [1.807, 2.05) is 0 Å². The molecule has 0 aromatic heterocycles. The maximum Gasteiger partial charge on any atom is 0.306 e. The highest BCUT2D eigenvalue weighted by Crippen LogP contribution is 2.15. The van der Waals surface area contributed by atoms with Crippen LogP contribution >= 0.6 is 0 Å². The van der Waals surface area contributed by atoms with E-state index in [0.29, 0.717) is 51.1 Å². The zero-order chi connectivity index (χ0) is 33.5. The summed E-state index contributed by atoms with van der Waals surface area (Å²) < 4.78 is 16.4. The molecule has 0 saturated heterocycles. The molecule has 0 aliphatic carbocycles. The average Bonchev–Trinajstić information content (AvgIpc) is 2.97. The molecule has 264 valence electrons. The number of aliphatic hydroxyl groups excluding tert-OH is 1. The zero-order valence-corrected chi connectivity index (χ0v) is 30.2. The van der Waals surface area contributed by atoms with E-state index in [2.05, 4.69) is 58.6 Å². The number of hydrogen-bond donors (Lipinski definition) is 1. The summed E-state index contributed by atoms with van der Waals surface area (Å²) in [7, 11) is 0. The Balaban J connectivity index is 3.95. The summed E-state index contributed by atoms with van der Waals surface area (Å²) in [5.74, 6) is 0.605. The number of carbonyl (C=O) groups is 2. The second kappa shape index (κ2) is 30.9. The highest BCUT2D eigenvalue weighted by atomic mass is 16.5. The molecule has 0 radical (unpaired) electrons. The Morgan fingerprint density at radius 3 is 1.44 bits per heavy atom. The minimum atomic E-state index is -0.0615. The fourth-order valence-corrected chi connectivity index (χ4v) is 5.21. The third kappa shape index (κ3) is 32.0. The topological polar surface area (TPSA) is 85.3 Å². The minimum absolute atomic E-state index is 0.0615. The van der Waals surface area contributed by atoms with Crippen LogP contribution in [0.25, 0.3) is 0 Å². The molecule has 0 rings (SSSR count). The fourth-order valence-electron chi connectivity index (χ4n) is 5.21. The third-order valence-electron chi connectivity index (χ3n) is 8.01. The number of nitrogens with zero attached hydrogens (tertiary/aromatic N) is 1. The Kier molecular flexibility index (Phi) is 29.8. The smallest absolute Gasteiger partial charge is 0.306 e. The minimum Gasteiger partial charge on any atom is -0.466 e. The van der Waals surface area contributed by atoms with Gasteiger partial charge >= 0.3 is 11.9 Å². The molecule has 0 saturated carbocycles. The van der Waals surface area contributed by atoms with Crippen molar-refractivity contribution in [3.63, 3.8) is 0 Å². The van der Waals surface area contributed by atoms with Crippen LogP contribution in [0.1, 0.15) is 144 Å². The summed E-state index contributed by atoms with van der Waals surface area (Å²) in [5, 5.41) is 8.99. The van der Waals surface area contributed by atoms with Gasteiger partial charge in [-0.1, -0.05) is 75.7 Å². The lowest BCUT2D eigenvalue weighted by Crippen LogP contribution is -2.30. The summed E-state index contributed by atoms with van der Waals surface area (Å²) in [4.78, 5) is 26.6. The Morgan fingerprint density at radius 1 is 0.600 bits per heavy atom. The molecular weight excluding hydrogens is 566 g/mol. The summed E-state index contributed by atoms with van der Waals surface area (Å²) in [5.41, 5.74) is 2.66. The second-order valence-electron chi connectivity index (χ2n) is 13.5. The fraction of sp³-hybridized carbons (Fsp3) is 0.842. The largest absolute Gasteiger partial charge is 0.466 e. The summed E-state index contributed by atoms with van der Waals surface area (Å²) in [6, 6.07) is 0. The van der Waals surface area contributed by atoms with Crippen molar-refractivity contribution in [1.82, 2.24) is 4.90 Å². The van der Waals surface area contributed by atoms with Gasteiger partial charge in [0.05, 0.1) is 33.0 Å². The SMILES string of the molecule is CC(C)=CCCC(C)CC(=O)OCCCCCCCN(CCCCCCCOC(=O)CC(C)CCC=C(C)C)CCOCCO. The number of rotatable bonds is 31. The number of aliphatic hydroxyl groups is 1. The van der Waals surface area contributed by atoms with Gasteiger partial charge in [0.15, 0.2) is 0 Å². The van der Waals surface area contributed by atoms with Crippen molar-refractivity contribution in [2.45, 2.75) is 144 Å². The number of unbranched alkanes of at least 4 members (excludes halogenated alkanes) is 8. The van der Waals surface area contributed by atoms with E-state index < -0.39 is 0 Å². The lowest BCUT2D eigenvalue weighted by atomic mass is 10.0. The van der Waals surface area contributed by atoms with Crippen LogP contribution in [0.5, 0.6) is 0 Å². The Bertz CT molecular complexity index is 714. The lowest BCUT2D eigenvalue weighted by Gasteiger charge is -2.22. The van der Waals surface area contributed by atoms with Crippen molar-refractivity contribution >= 4 is 11.9 Å². The Labute approximate surface area is 277 Å². The standard InChI is InChI=1S/C38H71NO6/c1-33(2)19-17-21-35(5)31-37(41)44-27-15-11-7-9-13-23-39(25-29-43-30-26-40)24-14-10-8-12-16-28-45-38(42)32-36(6)22-18-20-34(3)4/h19-20,35-36,40H,7-18,21-32H2,1-6H3. The van der Waals surface area contributed by atoms with Crippen LogP contribution in [0, 0.1) is 11.8 Å². The molecule has 45 heavy (non-hydrogen) atoms. The van der Waals surface area contributed by atoms with Gasteiger partial charge in [-0.3, -0.25) is 9.59 Å². The van der Waals surface area contributed by atoms with Gasteiger partial charge in [0, 0.05) is 19.4 Å². The summed E-state index contributed by atoms with van der Waals surface area (Å²) in [6.07, 6.45) is 20.6. The average molecular weight is 638 g/mol. The maximum atomic E-state index is 12.1. The molecule has 0 bridgehead atoms. The van der Waals surface area contributed by atoms with Gasteiger partial charge in [0.2, 0.25) is 0 Å². The van der Waals surface area contributed by atoms with E-state index in [9.17, 15) is 9.59 Å². The predicted molar refractivity (Wildman–Crippen MR) is 187 cm³/mol. The molecule has 7 heteroatoms. The van der Waals surface area contributed by atoms with Gasteiger partial charge in [0.1, 0.15) is 0 Å². The van der Waals surface area contributed by atoms with Crippen LogP contribution in [-0.4, -0.2) is 74.6 Å². The monoisotopic (exact) mass is 638 g/mol. The van der Waals surface area contributed by atoms with Gasteiger partial charge in [-0.15, -0.1) is 0 Å². The van der Waals surface area contributed by atoms with Crippen molar-refractivity contribution in [3.8, 4) is 0 Å². The Morgan fingerprint density at radius 2 is 1.02 bits per heavy atom. The molecule has 0 aromatic rings. The van der Waals surface area contributed by atoms with Gasteiger partial charge in [0.25, 0.3) is 0 Å². The summed E-state index contributed by atoms with van der Waals surface area (Å²) >= 11 is 0. The van der Waals surface area contributed by atoms with Crippen molar-refractivity contribution in [2.24, 2.45) is 11.8 Å². The molecule has 0 spiro atoms. The van der Waals surface area contributed by atoms with Crippen LogP contribution in [0.15, 0.2) is 23.3 Å². The van der Waals surface area contributed by atoms with E-state index >= 15 is 0 Å². The normalized spacial score (nSPS) is 12.5. The van der Waals surface area contributed by atoms with Crippen LogP contribution < -0.4 is 0 Å². The first-order chi connectivity index (χ1) is 21.6. The third-order valence-corrected chi connectivity index (χ3v) is 8.01. The zero-order valence-electron chi connectivity index (χ0n) is 30.2. The molecule has 2 atom stereocenters. The molecule has 1 N–H and O–H groups in total. The molecule has 2 unspecified atom stereocenters. The molecule has 0 aliphatic rings. The second-order valence-corrected chi connectivity index (χ2v) is 13.5. The van der Waals surface area contributed by atoms with E-state index in [1.165, 1.54) is 24.0 Å². The first kappa shape index (κ1) is 43.3.